The largest absolute Gasteiger partial charge is 0.311 e. The van der Waals surface area contributed by atoms with Crippen LogP contribution in [0, 0.1) is 0 Å². The highest BCUT2D eigenvalue weighted by Gasteiger charge is 2.44. The van der Waals surface area contributed by atoms with Gasteiger partial charge in [0.15, 0.2) is 0 Å². The topological polar surface area (TPSA) is 6.48 Å². The lowest BCUT2D eigenvalue weighted by Crippen LogP contribution is -2.61. The van der Waals surface area contributed by atoms with Gasteiger partial charge < -0.3 is 9.80 Å². The number of rotatable bonds is 3. The Morgan fingerprint density at radius 3 is 1.53 bits per heavy atom. The number of benzene rings is 5. The molecule has 0 atom stereocenters. The fourth-order valence-electron chi connectivity index (χ4n) is 8.33. The van der Waals surface area contributed by atoms with Crippen molar-refractivity contribution in [1.82, 2.24) is 0 Å². The average Bonchev–Trinajstić information content (AvgIpc) is 3.07. The first-order valence-electron chi connectivity index (χ1n) is 17.8. The van der Waals surface area contributed by atoms with Crippen LogP contribution in [0.1, 0.15) is 96.3 Å². The Hall–Kier alpha value is -4.24. The summed E-state index contributed by atoms with van der Waals surface area (Å²) in [5.74, 6) is 0.587. The Bertz CT molecular complexity index is 1920. The van der Waals surface area contributed by atoms with Crippen molar-refractivity contribution in [2.24, 2.45) is 0 Å². The van der Waals surface area contributed by atoms with Gasteiger partial charge in [-0.05, 0) is 111 Å². The molecule has 0 unspecified atom stereocenters. The van der Waals surface area contributed by atoms with Crippen molar-refractivity contribution in [1.29, 1.82) is 0 Å². The van der Waals surface area contributed by atoms with Gasteiger partial charge in [0.1, 0.15) is 0 Å². The average molecular weight is 615 g/mol. The summed E-state index contributed by atoms with van der Waals surface area (Å²) in [6.45, 7) is 14.2. The van der Waals surface area contributed by atoms with Gasteiger partial charge in [-0.1, -0.05) is 121 Å². The number of fused-ring (bicyclic) bond motifs is 4. The Kier molecular flexibility index (Phi) is 7.17. The van der Waals surface area contributed by atoms with Crippen LogP contribution in [0.15, 0.2) is 109 Å². The molecule has 1 aliphatic carbocycles. The van der Waals surface area contributed by atoms with Crippen LogP contribution in [-0.2, 0) is 10.8 Å². The normalized spacial score (nSPS) is 16.1. The lowest BCUT2D eigenvalue weighted by molar-refractivity contribution is 0.444. The van der Waals surface area contributed by atoms with Gasteiger partial charge in [0.2, 0.25) is 0 Å². The minimum atomic E-state index is 0.0280. The Morgan fingerprint density at radius 2 is 1.00 bits per heavy atom. The van der Waals surface area contributed by atoms with E-state index in [-0.39, 0.29) is 17.5 Å². The van der Waals surface area contributed by atoms with E-state index in [4.69, 9.17) is 0 Å². The Balaban J connectivity index is 1.47. The summed E-state index contributed by atoms with van der Waals surface area (Å²) in [4.78, 5) is 5.17. The van der Waals surface area contributed by atoms with Gasteiger partial charge in [-0.25, -0.2) is 0 Å². The van der Waals surface area contributed by atoms with Crippen molar-refractivity contribution < 1.29 is 0 Å². The molecule has 2 nitrogen and oxygen atoms in total. The predicted octanol–water partition coefficient (Wildman–Crippen LogP) is 10.4. The van der Waals surface area contributed by atoms with Crippen LogP contribution in [0.5, 0.6) is 0 Å². The molecule has 47 heavy (non-hydrogen) atoms. The molecule has 0 bridgehead atoms. The van der Waals surface area contributed by atoms with Crippen molar-refractivity contribution in [2.75, 3.05) is 9.80 Å². The number of hydrogen-bond acceptors (Lipinski definition) is 2. The van der Waals surface area contributed by atoms with Gasteiger partial charge in [-0.3, -0.25) is 0 Å². The van der Waals surface area contributed by atoms with E-state index in [2.05, 4.69) is 161 Å². The minimum Gasteiger partial charge on any atom is -0.311 e. The second-order valence-electron chi connectivity index (χ2n) is 16.1. The summed E-state index contributed by atoms with van der Waals surface area (Å²) in [5.41, 5.74) is 16.2. The van der Waals surface area contributed by atoms with E-state index < -0.39 is 0 Å². The Morgan fingerprint density at radius 1 is 0.511 bits per heavy atom. The van der Waals surface area contributed by atoms with E-state index in [1.807, 2.05) is 0 Å². The number of para-hydroxylation sites is 3. The van der Waals surface area contributed by atoms with Crippen molar-refractivity contribution in [3.05, 3.63) is 126 Å². The third-order valence-electron chi connectivity index (χ3n) is 10.9. The van der Waals surface area contributed by atoms with Gasteiger partial charge in [0.25, 0.3) is 6.71 Å². The maximum atomic E-state index is 2.62. The van der Waals surface area contributed by atoms with Crippen LogP contribution >= 0.6 is 0 Å². The highest BCUT2D eigenvalue weighted by atomic mass is 15.2. The molecule has 3 aliphatic rings. The highest BCUT2D eigenvalue weighted by Crippen LogP contribution is 2.47. The lowest BCUT2D eigenvalue weighted by atomic mass is 9.33. The van der Waals surface area contributed by atoms with Crippen LogP contribution in [0.2, 0.25) is 0 Å². The summed E-state index contributed by atoms with van der Waals surface area (Å²) >= 11 is 0. The molecule has 0 spiro atoms. The second-order valence-corrected chi connectivity index (χ2v) is 16.1. The molecule has 0 amide bonds. The molecule has 2 heterocycles. The molecule has 1 saturated carbocycles. The number of hydrogen-bond donors (Lipinski definition) is 0. The molecule has 5 aromatic rings. The third kappa shape index (κ3) is 5.10. The van der Waals surface area contributed by atoms with Crippen molar-refractivity contribution in [2.45, 2.75) is 90.4 Å². The maximum absolute atomic E-state index is 2.62. The minimum absolute atomic E-state index is 0.0280. The van der Waals surface area contributed by atoms with E-state index in [0.29, 0.717) is 5.92 Å². The van der Waals surface area contributed by atoms with Crippen molar-refractivity contribution in [3.63, 3.8) is 0 Å². The summed E-state index contributed by atoms with van der Waals surface area (Å²) in [7, 11) is 0. The van der Waals surface area contributed by atoms with Crippen LogP contribution in [-0.4, -0.2) is 6.71 Å². The van der Waals surface area contributed by atoms with Gasteiger partial charge in [-0.15, -0.1) is 0 Å². The highest BCUT2D eigenvalue weighted by molar-refractivity contribution is 7.00. The van der Waals surface area contributed by atoms with Crippen LogP contribution in [0.25, 0.3) is 0 Å². The van der Waals surface area contributed by atoms with Gasteiger partial charge >= 0.3 is 0 Å². The Labute approximate surface area is 282 Å². The van der Waals surface area contributed by atoms with Crippen molar-refractivity contribution >= 4 is 57.2 Å². The summed E-state index contributed by atoms with van der Waals surface area (Å²) < 4.78 is 0. The van der Waals surface area contributed by atoms with Crippen LogP contribution < -0.4 is 26.2 Å². The van der Waals surface area contributed by atoms with E-state index in [1.165, 1.54) is 99.3 Å². The molecule has 236 valence electrons. The number of anilines is 6. The third-order valence-corrected chi connectivity index (χ3v) is 10.9. The smallest absolute Gasteiger partial charge is 0.252 e. The van der Waals surface area contributed by atoms with Gasteiger partial charge in [-0.2, -0.15) is 0 Å². The SMILES string of the molecule is CC(C)(C)c1cc(N2c3ccccc3B3c4ccccc4N(c4ccccc4)c4cc(C5CCCCC5)cc2c43)cc(C(C)(C)C)c1. The molecular weight excluding hydrogens is 567 g/mol. The van der Waals surface area contributed by atoms with Gasteiger partial charge in [0, 0.05) is 34.1 Å². The summed E-state index contributed by atoms with van der Waals surface area (Å²) in [5, 5.41) is 0. The standard InChI is InChI=1S/C44H47BN2/c1-43(2,3)32-27-33(44(4,5)6)29-35(28-32)47-39-24-16-14-22-37(39)45-36-21-13-15-23-38(36)46(34-19-11-8-12-20-34)40-25-31(26-41(47)42(40)45)30-17-9-7-10-18-30/h8,11-16,19-30H,7,9-10,17-18H2,1-6H3. The molecule has 0 aromatic heterocycles. The van der Waals surface area contributed by atoms with Crippen LogP contribution in [0.3, 0.4) is 0 Å². The second kappa shape index (κ2) is 11.2. The zero-order chi connectivity index (χ0) is 32.5. The van der Waals surface area contributed by atoms with Gasteiger partial charge in [0.05, 0.1) is 0 Å². The lowest BCUT2D eigenvalue weighted by Gasteiger charge is -2.45. The van der Waals surface area contributed by atoms with E-state index in [9.17, 15) is 0 Å². The summed E-state index contributed by atoms with van der Waals surface area (Å²) in [6.07, 6.45) is 6.54. The first-order valence-corrected chi connectivity index (χ1v) is 17.8. The van der Waals surface area contributed by atoms with E-state index in [1.54, 1.807) is 0 Å². The molecule has 0 N–H and O–H groups in total. The molecule has 5 aromatic carbocycles. The quantitative estimate of drug-likeness (QED) is 0.183. The zero-order valence-corrected chi connectivity index (χ0v) is 29.0. The maximum Gasteiger partial charge on any atom is 0.252 e. The number of nitrogens with zero attached hydrogens (tertiary/aromatic N) is 2. The molecule has 0 saturated heterocycles. The monoisotopic (exact) mass is 614 g/mol. The summed E-state index contributed by atoms with van der Waals surface area (Å²) in [6, 6.07) is 41.9. The molecule has 3 heteroatoms. The molecule has 2 aliphatic heterocycles. The first kappa shape index (κ1) is 30.1. The predicted molar refractivity (Wildman–Crippen MR) is 204 cm³/mol. The van der Waals surface area contributed by atoms with E-state index in [0.717, 1.165) is 0 Å². The first-order chi connectivity index (χ1) is 22.6. The van der Waals surface area contributed by atoms with Crippen LogP contribution in [0.4, 0.5) is 34.1 Å². The molecular formula is C44H47BN2. The fourth-order valence-corrected chi connectivity index (χ4v) is 8.33. The zero-order valence-electron chi connectivity index (χ0n) is 29.0. The molecule has 0 radical (unpaired) electrons. The fraction of sp³-hybridized carbons (Fsp3) is 0.318. The molecule has 1 fully saturated rings. The molecule has 8 rings (SSSR count). The van der Waals surface area contributed by atoms with Crippen molar-refractivity contribution in [3.8, 4) is 0 Å². The van der Waals surface area contributed by atoms with E-state index >= 15 is 0 Å².